The molecule has 0 unspecified atom stereocenters. The van der Waals surface area contributed by atoms with Gasteiger partial charge in [-0.3, -0.25) is 14.3 Å². The van der Waals surface area contributed by atoms with Crippen LogP contribution in [-0.2, 0) is 13.6 Å². The Morgan fingerprint density at radius 3 is 2.88 bits per heavy atom. The first kappa shape index (κ1) is 10.9. The quantitative estimate of drug-likeness (QED) is 0.849. The van der Waals surface area contributed by atoms with E-state index in [0.717, 1.165) is 5.82 Å². The van der Waals surface area contributed by atoms with Crippen LogP contribution in [0, 0.1) is 0 Å². The summed E-state index contributed by atoms with van der Waals surface area (Å²) in [6.45, 7) is 0.317. The number of aromatic amines is 1. The highest BCUT2D eigenvalue weighted by molar-refractivity contribution is 9.10. The number of aryl methyl sites for hydroxylation is 1. The summed E-state index contributed by atoms with van der Waals surface area (Å²) in [5.41, 5.74) is -0.878. The van der Waals surface area contributed by atoms with Gasteiger partial charge in [-0.25, -0.2) is 9.78 Å². The molecule has 0 saturated heterocycles. The number of hydrogen-bond acceptors (Lipinski definition) is 3. The van der Waals surface area contributed by atoms with Crippen LogP contribution >= 0.6 is 15.9 Å². The lowest BCUT2D eigenvalue weighted by Gasteiger charge is -2.05. The fourth-order valence-electron chi connectivity index (χ4n) is 1.30. The van der Waals surface area contributed by atoms with Gasteiger partial charge in [0.05, 0.1) is 11.0 Å². The second-order valence-electron chi connectivity index (χ2n) is 3.32. The lowest BCUT2D eigenvalue weighted by molar-refractivity contribution is 0.655. The minimum atomic E-state index is -0.448. The molecule has 0 aliphatic heterocycles. The topological polar surface area (TPSA) is 72.7 Å². The van der Waals surface area contributed by atoms with Crippen LogP contribution < -0.4 is 11.2 Å². The Kier molecular flexibility index (Phi) is 2.78. The molecule has 1 N–H and O–H groups in total. The van der Waals surface area contributed by atoms with E-state index >= 15 is 0 Å². The summed E-state index contributed by atoms with van der Waals surface area (Å²) in [4.78, 5) is 28.9. The van der Waals surface area contributed by atoms with Crippen molar-refractivity contribution in [3.05, 3.63) is 49.7 Å². The second kappa shape index (κ2) is 4.09. The molecule has 0 spiro atoms. The first-order valence-corrected chi connectivity index (χ1v) is 5.32. The van der Waals surface area contributed by atoms with Gasteiger partial charge in [0.1, 0.15) is 5.82 Å². The van der Waals surface area contributed by atoms with Gasteiger partial charge in [0.25, 0.3) is 5.56 Å². The minimum absolute atomic E-state index is 0.317. The molecule has 0 bridgehead atoms. The van der Waals surface area contributed by atoms with Crippen molar-refractivity contribution >= 4 is 15.9 Å². The fraction of sp³-hybridized carbons (Fsp3) is 0.222. The van der Waals surface area contributed by atoms with Crippen LogP contribution in [0.2, 0.25) is 0 Å². The zero-order chi connectivity index (χ0) is 11.7. The summed E-state index contributed by atoms with van der Waals surface area (Å²) in [6, 6.07) is 0. The normalized spacial score (nSPS) is 10.6. The number of aromatic nitrogens is 4. The van der Waals surface area contributed by atoms with Crippen LogP contribution in [0.3, 0.4) is 0 Å². The van der Waals surface area contributed by atoms with Crippen molar-refractivity contribution < 1.29 is 0 Å². The number of hydrogen-bond donors (Lipinski definition) is 1. The van der Waals surface area contributed by atoms with Gasteiger partial charge in [-0.15, -0.1) is 0 Å². The Hall–Kier alpha value is -1.63. The molecule has 0 aromatic carbocycles. The van der Waals surface area contributed by atoms with E-state index in [0.29, 0.717) is 11.0 Å². The van der Waals surface area contributed by atoms with Crippen LogP contribution in [0.15, 0.2) is 32.7 Å². The van der Waals surface area contributed by atoms with Gasteiger partial charge in [-0.2, -0.15) is 0 Å². The summed E-state index contributed by atoms with van der Waals surface area (Å²) in [7, 11) is 1.84. The number of nitrogens with one attached hydrogen (secondary N) is 1. The summed E-state index contributed by atoms with van der Waals surface area (Å²) in [5.74, 6) is 0.737. The zero-order valence-electron chi connectivity index (χ0n) is 8.48. The molecule has 0 atom stereocenters. The molecule has 0 fully saturated rings. The van der Waals surface area contributed by atoms with Crippen LogP contribution in [0.1, 0.15) is 5.82 Å². The van der Waals surface area contributed by atoms with Crippen molar-refractivity contribution in [2.75, 3.05) is 0 Å². The molecule has 2 aromatic heterocycles. The van der Waals surface area contributed by atoms with E-state index in [1.54, 1.807) is 12.4 Å². The first-order valence-electron chi connectivity index (χ1n) is 4.53. The maximum Gasteiger partial charge on any atom is 0.328 e. The van der Waals surface area contributed by atoms with E-state index in [4.69, 9.17) is 0 Å². The van der Waals surface area contributed by atoms with Gasteiger partial charge in [0.2, 0.25) is 0 Å². The highest BCUT2D eigenvalue weighted by Gasteiger charge is 2.05. The Bertz CT molecular complexity index is 625. The van der Waals surface area contributed by atoms with E-state index in [1.807, 2.05) is 11.6 Å². The Morgan fingerprint density at radius 1 is 1.50 bits per heavy atom. The predicted molar refractivity (Wildman–Crippen MR) is 61.3 cm³/mol. The minimum Gasteiger partial charge on any atom is -0.337 e. The van der Waals surface area contributed by atoms with Gasteiger partial charge >= 0.3 is 5.69 Å². The number of halogens is 1. The van der Waals surface area contributed by atoms with Crippen molar-refractivity contribution in [3.8, 4) is 0 Å². The fourth-order valence-corrected chi connectivity index (χ4v) is 1.65. The molecule has 0 saturated carbocycles. The van der Waals surface area contributed by atoms with Gasteiger partial charge in [0.15, 0.2) is 0 Å². The standard InChI is InChI=1S/C9H9BrN4O2/c1-13-3-2-11-7(13)5-14-4-6(10)8(15)12-9(14)16/h2-4H,5H2,1H3,(H,12,15,16). The smallest absolute Gasteiger partial charge is 0.328 e. The van der Waals surface area contributed by atoms with Crippen molar-refractivity contribution in [2.45, 2.75) is 6.54 Å². The van der Waals surface area contributed by atoms with Crippen LogP contribution in [0.5, 0.6) is 0 Å². The van der Waals surface area contributed by atoms with E-state index in [9.17, 15) is 9.59 Å². The summed E-state index contributed by atoms with van der Waals surface area (Å²) >= 11 is 3.07. The monoisotopic (exact) mass is 284 g/mol. The molecule has 0 aliphatic carbocycles. The molecule has 7 heteroatoms. The third kappa shape index (κ3) is 1.99. The van der Waals surface area contributed by atoms with Crippen molar-refractivity contribution in [1.29, 1.82) is 0 Å². The van der Waals surface area contributed by atoms with Crippen molar-refractivity contribution in [2.24, 2.45) is 7.05 Å². The molecule has 2 heterocycles. The van der Waals surface area contributed by atoms with E-state index in [-0.39, 0.29) is 0 Å². The molecule has 2 rings (SSSR count). The van der Waals surface area contributed by atoms with Crippen LogP contribution in [0.4, 0.5) is 0 Å². The molecule has 0 radical (unpaired) electrons. The van der Waals surface area contributed by atoms with Gasteiger partial charge in [0, 0.05) is 25.6 Å². The number of H-pyrrole nitrogens is 1. The Balaban J connectivity index is 2.43. The molecule has 0 amide bonds. The maximum absolute atomic E-state index is 11.5. The van der Waals surface area contributed by atoms with Crippen molar-refractivity contribution in [1.82, 2.24) is 19.1 Å². The highest BCUT2D eigenvalue weighted by Crippen LogP contribution is 2.01. The lowest BCUT2D eigenvalue weighted by atomic mass is 10.5. The van der Waals surface area contributed by atoms with Gasteiger partial charge < -0.3 is 4.57 Å². The SMILES string of the molecule is Cn1ccnc1Cn1cc(Br)c(=O)[nH]c1=O. The van der Waals surface area contributed by atoms with Crippen LogP contribution in [0.25, 0.3) is 0 Å². The average Bonchev–Trinajstić information content (AvgIpc) is 2.61. The van der Waals surface area contributed by atoms with Crippen molar-refractivity contribution in [3.63, 3.8) is 0 Å². The summed E-state index contributed by atoms with van der Waals surface area (Å²) < 4.78 is 3.51. The molecule has 6 nitrogen and oxygen atoms in total. The maximum atomic E-state index is 11.5. The lowest BCUT2D eigenvalue weighted by Crippen LogP contribution is -2.30. The largest absolute Gasteiger partial charge is 0.337 e. The average molecular weight is 285 g/mol. The highest BCUT2D eigenvalue weighted by atomic mass is 79.9. The van der Waals surface area contributed by atoms with E-state index < -0.39 is 11.2 Å². The summed E-state index contributed by atoms with van der Waals surface area (Å²) in [5, 5.41) is 0. The predicted octanol–water partition coefficient (Wildman–Crippen LogP) is 0.0809. The molecule has 2 aromatic rings. The van der Waals surface area contributed by atoms with Gasteiger partial charge in [-0.05, 0) is 15.9 Å². The second-order valence-corrected chi connectivity index (χ2v) is 4.17. The molecular formula is C9H9BrN4O2. The first-order chi connectivity index (χ1) is 7.58. The molecule has 84 valence electrons. The number of imidazole rings is 1. The van der Waals surface area contributed by atoms with Crippen LogP contribution in [-0.4, -0.2) is 19.1 Å². The third-order valence-corrected chi connectivity index (χ3v) is 2.77. The molecule has 16 heavy (non-hydrogen) atoms. The van der Waals surface area contributed by atoms with Gasteiger partial charge in [-0.1, -0.05) is 0 Å². The summed E-state index contributed by atoms with van der Waals surface area (Å²) in [6.07, 6.45) is 4.90. The third-order valence-electron chi connectivity index (χ3n) is 2.20. The number of nitrogens with zero attached hydrogens (tertiary/aromatic N) is 3. The number of rotatable bonds is 2. The van der Waals surface area contributed by atoms with E-state index in [2.05, 4.69) is 25.9 Å². The zero-order valence-corrected chi connectivity index (χ0v) is 10.1. The van der Waals surface area contributed by atoms with E-state index in [1.165, 1.54) is 10.8 Å². The Morgan fingerprint density at radius 2 is 2.25 bits per heavy atom. The Labute approximate surface area is 98.7 Å². The molecular weight excluding hydrogens is 276 g/mol. The molecule has 0 aliphatic rings.